The summed E-state index contributed by atoms with van der Waals surface area (Å²) in [5.41, 5.74) is 2.03. The Bertz CT molecular complexity index is 1830. The van der Waals surface area contributed by atoms with Gasteiger partial charge in [0.15, 0.2) is 5.82 Å². The first-order valence-corrected chi connectivity index (χ1v) is 14.7. The van der Waals surface area contributed by atoms with E-state index in [1.165, 1.54) is 0 Å². The lowest BCUT2D eigenvalue weighted by molar-refractivity contribution is -0.167. The molecule has 2 N–H and O–H groups in total. The summed E-state index contributed by atoms with van der Waals surface area (Å²) in [6, 6.07) is 4.25. The fraction of sp³-hybridized carbons (Fsp3) is 0.344. The number of aromatic nitrogens is 3. The number of alkyl halides is 3. The first-order valence-electron chi connectivity index (χ1n) is 14.7. The van der Waals surface area contributed by atoms with E-state index in [2.05, 4.69) is 20.2 Å². The molecule has 0 bridgehead atoms. The summed E-state index contributed by atoms with van der Waals surface area (Å²) in [6.07, 6.45) is -0.894. The van der Waals surface area contributed by atoms with Gasteiger partial charge in [0.1, 0.15) is 29.3 Å². The fourth-order valence-corrected chi connectivity index (χ4v) is 5.95. The molecule has 6 rings (SSSR count). The average Bonchev–Trinajstić information content (AvgIpc) is 3.03. The maximum atomic E-state index is 15.1. The van der Waals surface area contributed by atoms with Gasteiger partial charge in [0.2, 0.25) is 0 Å². The minimum Gasteiger partial charge on any atom is -0.480 e. The van der Waals surface area contributed by atoms with Crippen molar-refractivity contribution in [1.29, 1.82) is 0 Å². The molecule has 2 aliphatic heterocycles. The molecule has 47 heavy (non-hydrogen) atoms. The highest BCUT2D eigenvalue weighted by Gasteiger charge is 2.46. The van der Waals surface area contributed by atoms with Gasteiger partial charge in [-0.15, -0.1) is 0 Å². The Kier molecular flexibility index (Phi) is 8.76. The number of nitrogens with zero attached hydrogens (tertiary/aromatic N) is 5. The van der Waals surface area contributed by atoms with Crippen LogP contribution >= 0.6 is 0 Å². The Hall–Kier alpha value is -4.76. The number of carbonyl (C=O) groups is 2. The molecule has 10 nitrogen and oxygen atoms in total. The third-order valence-corrected chi connectivity index (χ3v) is 8.35. The van der Waals surface area contributed by atoms with Gasteiger partial charge in [-0.3, -0.25) is 9.78 Å². The molecule has 0 radical (unpaired) electrons. The Balaban J connectivity index is 1.25. The van der Waals surface area contributed by atoms with Gasteiger partial charge in [0.25, 0.3) is 5.91 Å². The van der Waals surface area contributed by atoms with Crippen molar-refractivity contribution in [3.63, 3.8) is 0 Å². The Labute approximate surface area is 265 Å². The molecule has 1 amide bonds. The van der Waals surface area contributed by atoms with Crippen LogP contribution in [-0.2, 0) is 28.9 Å². The molecule has 1 saturated heterocycles. The number of fused-ring (bicyclic) bond motifs is 2. The van der Waals surface area contributed by atoms with Crippen molar-refractivity contribution in [2.75, 3.05) is 38.3 Å². The number of rotatable bonds is 7. The Morgan fingerprint density at radius 1 is 1.13 bits per heavy atom. The number of carboxylic acids is 1. The molecule has 2 aromatic heterocycles. The summed E-state index contributed by atoms with van der Waals surface area (Å²) in [6.45, 7) is 0.488. The third-order valence-electron chi connectivity index (χ3n) is 8.35. The first kappa shape index (κ1) is 32.2. The molecular weight excluding hydrogens is 627 g/mol. The van der Waals surface area contributed by atoms with Crippen molar-refractivity contribution < 1.29 is 41.4 Å². The van der Waals surface area contributed by atoms with Gasteiger partial charge >= 0.3 is 12.1 Å². The SMILES string of the molecule is CN1CCc2nc(-c3ccc(C[C@H](NC(=O)c4c(F)cc(N5CCOC[C@@H]5C(F)(F)F)cc4F)C(=O)O)c4cccnc34)ncc2C1. The van der Waals surface area contributed by atoms with Crippen molar-refractivity contribution in [3.05, 3.63) is 82.8 Å². The maximum Gasteiger partial charge on any atom is 0.411 e. The first-order chi connectivity index (χ1) is 22.4. The summed E-state index contributed by atoms with van der Waals surface area (Å²) < 4.78 is 75.8. The van der Waals surface area contributed by atoms with Crippen molar-refractivity contribution in [2.24, 2.45) is 0 Å². The lowest BCUT2D eigenvalue weighted by atomic mass is 9.97. The van der Waals surface area contributed by atoms with Crippen LogP contribution in [0.25, 0.3) is 22.3 Å². The molecule has 15 heteroatoms. The summed E-state index contributed by atoms with van der Waals surface area (Å²) >= 11 is 0. The molecule has 2 aromatic carbocycles. The topological polar surface area (TPSA) is 121 Å². The normalized spacial score (nSPS) is 17.7. The molecule has 0 saturated carbocycles. The molecule has 4 aromatic rings. The van der Waals surface area contributed by atoms with Gasteiger partial charge in [0.05, 0.1) is 24.4 Å². The second-order valence-electron chi connectivity index (χ2n) is 11.5. The van der Waals surface area contributed by atoms with E-state index in [0.29, 0.717) is 40.0 Å². The number of benzene rings is 2. The predicted molar refractivity (Wildman–Crippen MR) is 160 cm³/mol. The van der Waals surface area contributed by atoms with Gasteiger partial charge in [-0.2, -0.15) is 13.2 Å². The van der Waals surface area contributed by atoms with E-state index in [1.54, 1.807) is 36.7 Å². The van der Waals surface area contributed by atoms with Gasteiger partial charge < -0.3 is 25.0 Å². The number of likely N-dealkylation sites (N-methyl/N-ethyl adjacent to an activating group) is 1. The number of pyridine rings is 1. The number of nitrogens with one attached hydrogen (secondary N) is 1. The summed E-state index contributed by atoms with van der Waals surface area (Å²) in [4.78, 5) is 42.0. The molecule has 1 fully saturated rings. The van der Waals surface area contributed by atoms with E-state index in [-0.39, 0.29) is 19.6 Å². The summed E-state index contributed by atoms with van der Waals surface area (Å²) in [5, 5.41) is 12.7. The van der Waals surface area contributed by atoms with Gasteiger partial charge in [0, 0.05) is 67.1 Å². The molecule has 0 unspecified atom stereocenters. The fourth-order valence-electron chi connectivity index (χ4n) is 5.95. The van der Waals surface area contributed by atoms with E-state index < -0.39 is 59.6 Å². The lowest BCUT2D eigenvalue weighted by Gasteiger charge is -2.38. The standard InChI is InChI=1S/C32H29F5N6O4/c1-42-8-6-24-18(15-42)14-39-29(40-24)21-5-4-17(20-3-2-7-38-28(20)21)11-25(31(45)46)41-30(44)27-22(33)12-19(13-23(27)34)43-9-10-47-16-26(43)32(35,36)37/h2-5,7,12-14,25-26H,6,8-11,15-16H2,1H3,(H,41,44)(H,45,46)/t25-,26+/m0/s1. The molecule has 246 valence electrons. The second-order valence-corrected chi connectivity index (χ2v) is 11.5. The minimum atomic E-state index is -4.74. The molecular formula is C32H29F5N6O4. The van der Waals surface area contributed by atoms with Crippen LogP contribution in [-0.4, -0.2) is 88.4 Å². The average molecular weight is 657 g/mol. The minimum absolute atomic E-state index is 0.0956. The lowest BCUT2D eigenvalue weighted by Crippen LogP contribution is -2.53. The number of carboxylic acid groups (broad SMARTS) is 1. The van der Waals surface area contributed by atoms with Crippen molar-refractivity contribution in [2.45, 2.75) is 37.6 Å². The van der Waals surface area contributed by atoms with Crippen LogP contribution in [0.15, 0.2) is 48.8 Å². The van der Waals surface area contributed by atoms with Crippen LogP contribution in [0.3, 0.4) is 0 Å². The van der Waals surface area contributed by atoms with E-state index in [9.17, 15) is 27.9 Å². The van der Waals surface area contributed by atoms with Gasteiger partial charge in [-0.25, -0.2) is 23.5 Å². The van der Waals surface area contributed by atoms with Crippen LogP contribution < -0.4 is 10.2 Å². The van der Waals surface area contributed by atoms with Crippen molar-refractivity contribution >= 4 is 28.5 Å². The maximum absolute atomic E-state index is 15.1. The zero-order chi connectivity index (χ0) is 33.5. The summed E-state index contributed by atoms with van der Waals surface area (Å²) in [7, 11) is 2.02. The van der Waals surface area contributed by atoms with Crippen LogP contribution in [0.5, 0.6) is 0 Å². The number of hydrogen-bond acceptors (Lipinski definition) is 8. The van der Waals surface area contributed by atoms with Crippen LogP contribution in [0.4, 0.5) is 27.6 Å². The smallest absolute Gasteiger partial charge is 0.411 e. The number of halogens is 5. The largest absolute Gasteiger partial charge is 0.480 e. The molecule has 0 aliphatic carbocycles. The van der Waals surface area contributed by atoms with Gasteiger partial charge in [-0.1, -0.05) is 12.1 Å². The number of anilines is 1. The molecule has 4 heterocycles. The predicted octanol–water partition coefficient (Wildman–Crippen LogP) is 4.15. The van der Waals surface area contributed by atoms with E-state index >= 15 is 8.78 Å². The monoisotopic (exact) mass is 656 g/mol. The molecule has 0 spiro atoms. The van der Waals surface area contributed by atoms with Crippen LogP contribution in [0.2, 0.25) is 0 Å². The number of ether oxygens (including phenoxy) is 1. The number of morpholine rings is 1. The number of aliphatic carboxylic acids is 1. The van der Waals surface area contributed by atoms with E-state index in [4.69, 9.17) is 9.72 Å². The Morgan fingerprint density at radius 3 is 2.62 bits per heavy atom. The zero-order valence-corrected chi connectivity index (χ0v) is 25.0. The number of hydrogen-bond donors (Lipinski definition) is 2. The molecule has 2 atom stereocenters. The van der Waals surface area contributed by atoms with E-state index in [1.807, 2.05) is 7.05 Å². The zero-order valence-electron chi connectivity index (χ0n) is 25.0. The highest BCUT2D eigenvalue weighted by Crippen LogP contribution is 2.33. The van der Waals surface area contributed by atoms with Crippen LogP contribution in [0, 0.1) is 11.6 Å². The van der Waals surface area contributed by atoms with Crippen LogP contribution in [0.1, 0.15) is 27.2 Å². The quantitative estimate of drug-likeness (QED) is 0.283. The highest BCUT2D eigenvalue weighted by molar-refractivity contribution is 5.98. The second kappa shape index (κ2) is 12.8. The highest BCUT2D eigenvalue weighted by atomic mass is 19.4. The molecule has 2 aliphatic rings. The van der Waals surface area contributed by atoms with Crippen molar-refractivity contribution in [3.8, 4) is 11.4 Å². The Morgan fingerprint density at radius 2 is 1.89 bits per heavy atom. The van der Waals surface area contributed by atoms with Gasteiger partial charge in [-0.05, 0) is 36.9 Å². The van der Waals surface area contributed by atoms with E-state index in [0.717, 1.165) is 35.7 Å². The number of amides is 1. The van der Waals surface area contributed by atoms with Crippen molar-refractivity contribution in [1.82, 2.24) is 25.2 Å². The number of carbonyl (C=O) groups excluding carboxylic acids is 1. The third kappa shape index (κ3) is 6.58. The summed E-state index contributed by atoms with van der Waals surface area (Å²) in [5.74, 6) is -5.27.